The van der Waals surface area contributed by atoms with Crippen LogP contribution in [0.4, 0.5) is 5.69 Å². The van der Waals surface area contributed by atoms with E-state index in [1.165, 1.54) is 24.3 Å². The van der Waals surface area contributed by atoms with Crippen LogP contribution in [0, 0.1) is 10.1 Å². The first-order chi connectivity index (χ1) is 11.0. The molecule has 0 atom stereocenters. The number of carbonyl (C=O) groups excluding carboxylic acids is 1. The molecule has 3 aromatic rings. The first-order valence-electron chi connectivity index (χ1n) is 6.80. The van der Waals surface area contributed by atoms with Crippen LogP contribution in [0.2, 0.25) is 0 Å². The fourth-order valence-corrected chi connectivity index (χ4v) is 2.21. The van der Waals surface area contributed by atoms with Gasteiger partial charge in [0.05, 0.1) is 22.4 Å². The van der Waals surface area contributed by atoms with Gasteiger partial charge >= 0.3 is 0 Å². The minimum absolute atomic E-state index is 0.0942. The Morgan fingerprint density at radius 1 is 1.13 bits per heavy atom. The summed E-state index contributed by atoms with van der Waals surface area (Å²) >= 11 is 0. The van der Waals surface area contributed by atoms with E-state index in [0.717, 1.165) is 0 Å². The van der Waals surface area contributed by atoms with E-state index in [2.05, 4.69) is 9.97 Å². The lowest BCUT2D eigenvalue weighted by atomic mass is 10.1. The van der Waals surface area contributed by atoms with Gasteiger partial charge in [0.15, 0.2) is 5.78 Å². The van der Waals surface area contributed by atoms with Crippen LogP contribution in [-0.4, -0.2) is 20.7 Å². The number of nitro groups is 1. The molecule has 7 heteroatoms. The quantitative estimate of drug-likeness (QED) is 0.452. The monoisotopic (exact) mass is 309 g/mol. The summed E-state index contributed by atoms with van der Waals surface area (Å²) in [5, 5.41) is 10.6. The van der Waals surface area contributed by atoms with Crippen molar-refractivity contribution in [2.75, 3.05) is 0 Å². The molecular weight excluding hydrogens is 298 g/mol. The molecule has 1 N–H and O–H groups in total. The third-order valence-corrected chi connectivity index (χ3v) is 3.40. The van der Waals surface area contributed by atoms with Crippen molar-refractivity contribution in [2.45, 2.75) is 6.42 Å². The SMILES string of the molecule is O=C(Cc1nc2ccccc2[nH]c1=O)c1ccc([N+](=O)[O-])cc1. The highest BCUT2D eigenvalue weighted by molar-refractivity contribution is 5.97. The van der Waals surface area contributed by atoms with Crippen molar-refractivity contribution < 1.29 is 9.72 Å². The van der Waals surface area contributed by atoms with Crippen LogP contribution in [0.1, 0.15) is 16.1 Å². The highest BCUT2D eigenvalue weighted by Gasteiger charge is 2.13. The van der Waals surface area contributed by atoms with Crippen LogP contribution in [0.3, 0.4) is 0 Å². The van der Waals surface area contributed by atoms with Crippen LogP contribution >= 0.6 is 0 Å². The van der Waals surface area contributed by atoms with Crippen molar-refractivity contribution >= 4 is 22.5 Å². The third-order valence-electron chi connectivity index (χ3n) is 3.40. The van der Waals surface area contributed by atoms with Gasteiger partial charge in [-0.15, -0.1) is 0 Å². The maximum atomic E-state index is 12.2. The Kier molecular flexibility index (Phi) is 3.68. The average molecular weight is 309 g/mol. The number of ketones is 1. The standard InChI is InChI=1S/C16H11N3O4/c20-15(10-5-7-11(8-6-10)19(22)23)9-14-16(21)18-13-4-2-1-3-12(13)17-14/h1-8H,9H2,(H,18,21). The van der Waals surface area contributed by atoms with Gasteiger partial charge in [-0.05, 0) is 24.3 Å². The first kappa shape index (κ1) is 14.6. The van der Waals surface area contributed by atoms with E-state index >= 15 is 0 Å². The number of rotatable bonds is 4. The lowest BCUT2D eigenvalue weighted by Gasteiger charge is -2.02. The Balaban J connectivity index is 1.89. The Labute approximate surface area is 129 Å². The third kappa shape index (κ3) is 2.98. The molecule has 114 valence electrons. The van der Waals surface area contributed by atoms with E-state index in [9.17, 15) is 19.7 Å². The summed E-state index contributed by atoms with van der Waals surface area (Å²) < 4.78 is 0. The number of benzene rings is 2. The Morgan fingerprint density at radius 2 is 1.83 bits per heavy atom. The van der Waals surface area contributed by atoms with Crippen LogP contribution < -0.4 is 5.56 Å². The number of nitrogens with zero attached hydrogens (tertiary/aromatic N) is 2. The normalized spacial score (nSPS) is 10.6. The number of para-hydroxylation sites is 2. The Morgan fingerprint density at radius 3 is 2.52 bits per heavy atom. The van der Waals surface area contributed by atoms with Gasteiger partial charge in [-0.1, -0.05) is 12.1 Å². The summed E-state index contributed by atoms with van der Waals surface area (Å²) in [4.78, 5) is 41.2. The highest BCUT2D eigenvalue weighted by atomic mass is 16.6. The molecule has 3 rings (SSSR count). The Bertz CT molecular complexity index is 961. The van der Waals surface area contributed by atoms with Gasteiger partial charge in [-0.3, -0.25) is 19.7 Å². The molecule has 0 aliphatic heterocycles. The minimum Gasteiger partial charge on any atom is -0.319 e. The molecule has 0 aliphatic rings. The lowest BCUT2D eigenvalue weighted by molar-refractivity contribution is -0.384. The number of aromatic nitrogens is 2. The molecule has 0 unspecified atom stereocenters. The smallest absolute Gasteiger partial charge is 0.270 e. The number of carbonyl (C=O) groups is 1. The number of hydrogen-bond donors (Lipinski definition) is 1. The van der Waals surface area contributed by atoms with Gasteiger partial charge < -0.3 is 4.98 Å². The summed E-state index contributed by atoms with van der Waals surface area (Å²) in [6.45, 7) is 0. The molecule has 0 aliphatic carbocycles. The largest absolute Gasteiger partial charge is 0.319 e. The van der Waals surface area contributed by atoms with Crippen molar-refractivity contribution in [2.24, 2.45) is 0 Å². The zero-order valence-electron chi connectivity index (χ0n) is 11.9. The molecule has 0 spiro atoms. The highest BCUT2D eigenvalue weighted by Crippen LogP contribution is 2.13. The minimum atomic E-state index is -0.538. The molecule has 0 fully saturated rings. The van der Waals surface area contributed by atoms with E-state index in [1.54, 1.807) is 24.3 Å². The molecule has 0 bridgehead atoms. The summed E-state index contributed by atoms with van der Waals surface area (Å²) in [6.07, 6.45) is -0.169. The van der Waals surface area contributed by atoms with Crippen LogP contribution in [0.25, 0.3) is 11.0 Å². The molecular formula is C16H11N3O4. The second-order valence-corrected chi connectivity index (χ2v) is 4.93. The number of H-pyrrole nitrogens is 1. The fourth-order valence-electron chi connectivity index (χ4n) is 2.21. The van der Waals surface area contributed by atoms with Gasteiger partial charge in [0.2, 0.25) is 0 Å². The predicted molar refractivity (Wildman–Crippen MR) is 83.5 cm³/mol. The molecule has 2 aromatic carbocycles. The van der Waals surface area contributed by atoms with Crippen molar-refractivity contribution in [3.05, 3.63) is 80.3 Å². The zero-order valence-corrected chi connectivity index (χ0v) is 11.9. The second-order valence-electron chi connectivity index (χ2n) is 4.93. The zero-order chi connectivity index (χ0) is 16.4. The van der Waals surface area contributed by atoms with Gasteiger partial charge in [0.25, 0.3) is 11.2 Å². The van der Waals surface area contributed by atoms with Gasteiger partial charge in [0.1, 0.15) is 5.69 Å². The molecule has 1 aromatic heterocycles. The van der Waals surface area contributed by atoms with Crippen LogP contribution in [0.5, 0.6) is 0 Å². The molecule has 23 heavy (non-hydrogen) atoms. The average Bonchev–Trinajstić information content (AvgIpc) is 2.55. The van der Waals surface area contributed by atoms with Crippen molar-refractivity contribution in [3.8, 4) is 0 Å². The number of non-ortho nitro benzene ring substituents is 1. The molecule has 0 saturated carbocycles. The fraction of sp³-hybridized carbons (Fsp3) is 0.0625. The molecule has 0 amide bonds. The topological polar surface area (TPSA) is 106 Å². The van der Waals surface area contributed by atoms with E-state index in [1.807, 2.05) is 0 Å². The van der Waals surface area contributed by atoms with E-state index < -0.39 is 10.5 Å². The summed E-state index contributed by atoms with van der Waals surface area (Å²) in [7, 11) is 0. The number of hydrogen-bond acceptors (Lipinski definition) is 5. The van der Waals surface area contributed by atoms with E-state index in [-0.39, 0.29) is 23.6 Å². The molecule has 0 radical (unpaired) electrons. The predicted octanol–water partition coefficient (Wildman–Crippen LogP) is 2.26. The van der Waals surface area contributed by atoms with Gasteiger partial charge in [-0.25, -0.2) is 4.98 Å². The Hall–Kier alpha value is -3.35. The van der Waals surface area contributed by atoms with Crippen LogP contribution in [0.15, 0.2) is 53.3 Å². The van der Waals surface area contributed by atoms with Crippen molar-refractivity contribution in [3.63, 3.8) is 0 Å². The van der Waals surface area contributed by atoms with Gasteiger partial charge in [0, 0.05) is 17.7 Å². The number of aromatic amines is 1. The number of nitro benzene ring substituents is 1. The molecule has 7 nitrogen and oxygen atoms in total. The summed E-state index contributed by atoms with van der Waals surface area (Å²) in [5.74, 6) is -0.326. The molecule has 1 heterocycles. The number of fused-ring (bicyclic) bond motifs is 1. The lowest BCUT2D eigenvalue weighted by Crippen LogP contribution is -2.18. The maximum Gasteiger partial charge on any atom is 0.270 e. The van der Waals surface area contributed by atoms with E-state index in [4.69, 9.17) is 0 Å². The van der Waals surface area contributed by atoms with E-state index in [0.29, 0.717) is 16.6 Å². The van der Waals surface area contributed by atoms with Gasteiger partial charge in [-0.2, -0.15) is 0 Å². The summed E-state index contributed by atoms with van der Waals surface area (Å²) in [6, 6.07) is 12.3. The van der Waals surface area contributed by atoms with Crippen molar-refractivity contribution in [1.29, 1.82) is 0 Å². The first-order valence-corrected chi connectivity index (χ1v) is 6.80. The number of nitrogens with one attached hydrogen (secondary N) is 1. The number of Topliss-reactive ketones (excluding diaryl/α,β-unsaturated/α-hetero) is 1. The van der Waals surface area contributed by atoms with Crippen LogP contribution in [-0.2, 0) is 6.42 Å². The maximum absolute atomic E-state index is 12.2. The second kappa shape index (κ2) is 5.80. The summed E-state index contributed by atoms with van der Waals surface area (Å²) in [5.41, 5.74) is 1.10. The molecule has 0 saturated heterocycles. The van der Waals surface area contributed by atoms with Crippen molar-refractivity contribution in [1.82, 2.24) is 9.97 Å².